The molecule has 0 spiro atoms. The van der Waals surface area contributed by atoms with Crippen LogP contribution in [0.2, 0.25) is 0 Å². The van der Waals surface area contributed by atoms with Crippen LogP contribution in [0.15, 0.2) is 29.4 Å². The lowest BCUT2D eigenvalue weighted by atomic mass is 9.86. The zero-order valence-electron chi connectivity index (χ0n) is 16.2. The van der Waals surface area contributed by atoms with Gasteiger partial charge in [-0.05, 0) is 30.9 Å². The van der Waals surface area contributed by atoms with Gasteiger partial charge in [-0.3, -0.25) is 10.1 Å². The van der Waals surface area contributed by atoms with Crippen LogP contribution in [-0.2, 0) is 19.2 Å². The van der Waals surface area contributed by atoms with Gasteiger partial charge < -0.3 is 14.9 Å². The van der Waals surface area contributed by atoms with Gasteiger partial charge in [0.25, 0.3) is 5.91 Å². The van der Waals surface area contributed by atoms with Gasteiger partial charge in [-0.2, -0.15) is 0 Å². The van der Waals surface area contributed by atoms with Gasteiger partial charge in [-0.1, -0.05) is 37.1 Å². The van der Waals surface area contributed by atoms with Crippen molar-refractivity contribution in [1.82, 2.24) is 10.6 Å². The van der Waals surface area contributed by atoms with Crippen molar-refractivity contribution in [3.05, 3.63) is 35.6 Å². The number of rotatable bonds is 5. The molecule has 1 aromatic carbocycles. The molecule has 1 saturated carbocycles. The van der Waals surface area contributed by atoms with Crippen LogP contribution in [0.5, 0.6) is 0 Å². The minimum Gasteiger partial charge on any atom is -0.453 e. The Labute approximate surface area is 167 Å². The number of carbonyl (C=O) groups excluding carboxylic acids is 3. The van der Waals surface area contributed by atoms with E-state index in [1.54, 1.807) is 6.07 Å². The fourth-order valence-electron chi connectivity index (χ4n) is 3.47. The molecule has 1 aromatic rings. The molecule has 1 fully saturated rings. The minimum absolute atomic E-state index is 0.0318. The molecule has 0 saturated heterocycles. The summed E-state index contributed by atoms with van der Waals surface area (Å²) in [6, 6.07) is 5.20. The summed E-state index contributed by atoms with van der Waals surface area (Å²) in [4.78, 5) is 40.9. The van der Waals surface area contributed by atoms with E-state index >= 15 is 0 Å². The number of amides is 3. The van der Waals surface area contributed by atoms with E-state index in [9.17, 15) is 18.8 Å². The smallest absolute Gasteiger partial charge is 0.351 e. The van der Waals surface area contributed by atoms with E-state index in [2.05, 4.69) is 22.7 Å². The van der Waals surface area contributed by atoms with Crippen LogP contribution in [-0.4, -0.2) is 42.4 Å². The number of ether oxygens (including phenoxy) is 1. The summed E-state index contributed by atoms with van der Waals surface area (Å²) in [5.74, 6) is -1.58. The van der Waals surface area contributed by atoms with E-state index in [1.807, 2.05) is 0 Å². The molecular weight excluding hydrogens is 381 g/mol. The molecule has 9 heteroatoms. The number of oxime groups is 1. The molecule has 0 bridgehead atoms. The topological polar surface area (TPSA) is 106 Å². The quantitative estimate of drug-likeness (QED) is 0.731. The van der Waals surface area contributed by atoms with E-state index in [1.165, 1.54) is 18.2 Å². The zero-order chi connectivity index (χ0) is 20.8. The van der Waals surface area contributed by atoms with Gasteiger partial charge in [0.2, 0.25) is 6.10 Å². The summed E-state index contributed by atoms with van der Waals surface area (Å²) in [5.41, 5.74) is 0.920. The molecule has 2 N–H and O–H groups in total. The lowest BCUT2D eigenvalue weighted by molar-refractivity contribution is -0.158. The maximum absolute atomic E-state index is 13.3. The third-order valence-electron chi connectivity index (χ3n) is 5.12. The average molecular weight is 405 g/mol. The molecule has 8 nitrogen and oxygen atoms in total. The summed E-state index contributed by atoms with van der Waals surface area (Å²) >= 11 is 0. The van der Waals surface area contributed by atoms with Crippen molar-refractivity contribution < 1.29 is 28.3 Å². The molecule has 3 atom stereocenters. The first-order valence-corrected chi connectivity index (χ1v) is 9.68. The van der Waals surface area contributed by atoms with Crippen LogP contribution in [0, 0.1) is 11.7 Å². The van der Waals surface area contributed by atoms with E-state index in [4.69, 9.17) is 9.57 Å². The highest BCUT2D eigenvalue weighted by Crippen LogP contribution is 2.23. The van der Waals surface area contributed by atoms with Gasteiger partial charge in [0, 0.05) is 18.0 Å². The average Bonchev–Trinajstić information content (AvgIpc) is 3.18. The van der Waals surface area contributed by atoms with Crippen LogP contribution >= 0.6 is 0 Å². The summed E-state index contributed by atoms with van der Waals surface area (Å²) in [7, 11) is 0. The number of hydrogen-bond donors (Lipinski definition) is 2. The lowest BCUT2D eigenvalue weighted by Gasteiger charge is -2.29. The standard InChI is InChI=1S/C20H24FN3O5/c1-12-5-2-3-8-15(12)22-20(27)23-18(25)11-28-19(26)17-10-16(24-29-17)13-6-4-7-14(21)9-13/h4,6-7,9,12,15,17H,2-3,5,8,10-11H2,1H3,(H2,22,23,25,27). The molecule has 0 aromatic heterocycles. The van der Waals surface area contributed by atoms with Crippen molar-refractivity contribution in [2.45, 2.75) is 51.2 Å². The summed E-state index contributed by atoms with van der Waals surface area (Å²) in [6.45, 7) is 1.46. The fraction of sp³-hybridized carbons (Fsp3) is 0.500. The number of benzene rings is 1. The largest absolute Gasteiger partial charge is 0.453 e. The Hall–Kier alpha value is -2.97. The van der Waals surface area contributed by atoms with Crippen molar-refractivity contribution in [3.63, 3.8) is 0 Å². The number of esters is 1. The second-order valence-electron chi connectivity index (χ2n) is 7.34. The van der Waals surface area contributed by atoms with Gasteiger partial charge in [0.15, 0.2) is 6.61 Å². The highest BCUT2D eigenvalue weighted by molar-refractivity contribution is 6.03. The Morgan fingerprint density at radius 3 is 2.83 bits per heavy atom. The lowest BCUT2D eigenvalue weighted by Crippen LogP contribution is -2.48. The fourth-order valence-corrected chi connectivity index (χ4v) is 3.47. The SMILES string of the molecule is CC1CCCCC1NC(=O)NC(=O)COC(=O)C1CC(c2cccc(F)c2)=NO1. The van der Waals surface area contributed by atoms with Gasteiger partial charge in [-0.15, -0.1) is 0 Å². The van der Waals surface area contributed by atoms with E-state index < -0.39 is 36.4 Å². The molecule has 2 aliphatic rings. The number of imide groups is 1. The molecule has 1 heterocycles. The van der Waals surface area contributed by atoms with Crippen LogP contribution < -0.4 is 10.6 Å². The van der Waals surface area contributed by atoms with Crippen LogP contribution in [0.25, 0.3) is 0 Å². The van der Waals surface area contributed by atoms with Crippen molar-refractivity contribution in [1.29, 1.82) is 0 Å². The molecule has 29 heavy (non-hydrogen) atoms. The third kappa shape index (κ3) is 5.75. The first-order valence-electron chi connectivity index (χ1n) is 9.68. The van der Waals surface area contributed by atoms with Crippen molar-refractivity contribution >= 4 is 23.6 Å². The predicted molar refractivity (Wildman–Crippen MR) is 101 cm³/mol. The monoisotopic (exact) mass is 405 g/mol. The van der Waals surface area contributed by atoms with Crippen molar-refractivity contribution in [3.8, 4) is 0 Å². The van der Waals surface area contributed by atoms with Crippen LogP contribution in [0.4, 0.5) is 9.18 Å². The molecule has 3 rings (SSSR count). The van der Waals surface area contributed by atoms with Gasteiger partial charge in [0.05, 0.1) is 5.71 Å². The van der Waals surface area contributed by atoms with Crippen molar-refractivity contribution in [2.24, 2.45) is 11.1 Å². The first-order chi connectivity index (χ1) is 13.9. The second kappa shape index (κ2) is 9.49. The van der Waals surface area contributed by atoms with Crippen LogP contribution in [0.3, 0.4) is 0 Å². The number of urea groups is 1. The van der Waals surface area contributed by atoms with Crippen molar-refractivity contribution in [2.75, 3.05) is 6.61 Å². The van der Waals surface area contributed by atoms with E-state index in [-0.39, 0.29) is 12.5 Å². The molecule has 0 radical (unpaired) electrons. The Balaban J connectivity index is 1.39. The maximum Gasteiger partial charge on any atom is 0.351 e. The molecule has 3 unspecified atom stereocenters. The Morgan fingerprint density at radius 1 is 1.28 bits per heavy atom. The molecular formula is C20H24FN3O5. The molecule has 3 amide bonds. The van der Waals surface area contributed by atoms with E-state index in [0.717, 1.165) is 25.7 Å². The Morgan fingerprint density at radius 2 is 2.07 bits per heavy atom. The maximum atomic E-state index is 13.3. The number of nitrogens with one attached hydrogen (secondary N) is 2. The highest BCUT2D eigenvalue weighted by Gasteiger charge is 2.31. The molecule has 1 aliphatic heterocycles. The second-order valence-corrected chi connectivity index (χ2v) is 7.34. The number of nitrogens with zero attached hydrogens (tertiary/aromatic N) is 1. The van der Waals surface area contributed by atoms with E-state index in [0.29, 0.717) is 17.2 Å². The number of carbonyl (C=O) groups is 3. The number of halogens is 1. The first kappa shape index (κ1) is 20.8. The summed E-state index contributed by atoms with van der Waals surface area (Å²) in [6.07, 6.45) is 3.19. The molecule has 156 valence electrons. The van der Waals surface area contributed by atoms with Gasteiger partial charge in [0.1, 0.15) is 5.82 Å². The highest BCUT2D eigenvalue weighted by atomic mass is 19.1. The van der Waals surface area contributed by atoms with Gasteiger partial charge >= 0.3 is 12.0 Å². The Kier molecular flexibility index (Phi) is 6.79. The summed E-state index contributed by atoms with van der Waals surface area (Å²) in [5, 5.41) is 8.72. The Bertz CT molecular complexity index is 813. The number of hydrogen-bond acceptors (Lipinski definition) is 6. The molecule has 1 aliphatic carbocycles. The normalized spacial score (nSPS) is 23.5. The predicted octanol–water partition coefficient (Wildman–Crippen LogP) is 2.27. The third-order valence-corrected chi connectivity index (χ3v) is 5.12. The summed E-state index contributed by atoms with van der Waals surface area (Å²) < 4.78 is 18.2. The minimum atomic E-state index is -1.02. The zero-order valence-corrected chi connectivity index (χ0v) is 16.2. The van der Waals surface area contributed by atoms with Crippen LogP contribution in [0.1, 0.15) is 44.6 Å². The van der Waals surface area contributed by atoms with Gasteiger partial charge in [-0.25, -0.2) is 14.0 Å².